The maximum absolute atomic E-state index is 2.40. The van der Waals surface area contributed by atoms with E-state index in [4.69, 9.17) is 0 Å². The molecular weight excluding hydrogens is 593 g/mol. The lowest BCUT2D eigenvalue weighted by Crippen LogP contribution is -1.94. The fourth-order valence-electron chi connectivity index (χ4n) is 7.79. The van der Waals surface area contributed by atoms with E-state index in [0.717, 1.165) is 0 Å². The van der Waals surface area contributed by atoms with Crippen molar-refractivity contribution >= 4 is 54.4 Å². The Balaban J connectivity index is 1.05. The van der Waals surface area contributed by atoms with E-state index < -0.39 is 0 Å². The highest BCUT2D eigenvalue weighted by molar-refractivity contribution is 6.12. The smallest absolute Gasteiger partial charge is 0.0541 e. The molecule has 10 rings (SSSR count). The number of aryl methyl sites for hydroxylation is 1. The largest absolute Gasteiger partial charge is 0.309 e. The summed E-state index contributed by atoms with van der Waals surface area (Å²) >= 11 is 0. The van der Waals surface area contributed by atoms with Gasteiger partial charge in [-0.05, 0) is 101 Å². The van der Waals surface area contributed by atoms with Gasteiger partial charge in [0.1, 0.15) is 0 Å². The summed E-state index contributed by atoms with van der Waals surface area (Å²) in [5.41, 5.74) is 13.4. The number of rotatable bonds is 4. The average molecular weight is 625 g/mol. The Kier molecular flexibility index (Phi) is 6.13. The second-order valence-electron chi connectivity index (χ2n) is 13.1. The first-order valence-corrected chi connectivity index (χ1v) is 16.9. The Morgan fingerprint density at radius 3 is 1.39 bits per heavy atom. The predicted molar refractivity (Wildman–Crippen MR) is 208 cm³/mol. The molecule has 8 aromatic carbocycles. The van der Waals surface area contributed by atoms with Crippen LogP contribution in [0.5, 0.6) is 0 Å². The third-order valence-corrected chi connectivity index (χ3v) is 10.1. The van der Waals surface area contributed by atoms with Crippen LogP contribution in [0.4, 0.5) is 0 Å². The van der Waals surface area contributed by atoms with Gasteiger partial charge in [0.15, 0.2) is 0 Å². The van der Waals surface area contributed by atoms with Crippen LogP contribution in [0.1, 0.15) is 5.56 Å². The van der Waals surface area contributed by atoms with Crippen molar-refractivity contribution in [3.63, 3.8) is 0 Å². The van der Waals surface area contributed by atoms with Gasteiger partial charge in [-0.2, -0.15) is 0 Å². The summed E-state index contributed by atoms with van der Waals surface area (Å²) in [6.07, 6.45) is 0. The first-order valence-electron chi connectivity index (χ1n) is 16.9. The van der Waals surface area contributed by atoms with Crippen molar-refractivity contribution in [3.8, 4) is 33.6 Å². The molecule has 2 heterocycles. The molecule has 0 unspecified atom stereocenters. The number of para-hydroxylation sites is 3. The molecule has 2 nitrogen and oxygen atoms in total. The molecule has 0 bridgehead atoms. The van der Waals surface area contributed by atoms with E-state index in [1.54, 1.807) is 0 Å². The minimum absolute atomic E-state index is 1.18. The SMILES string of the molecule is Cc1ccc2cc(-n3c4ccccc4c4cc(-c5ccc(-c6ccc7c(c6)c6ccccc6n7-c6ccccc6)cc5)ccc43)ccc2c1. The second-order valence-corrected chi connectivity index (χ2v) is 13.1. The molecule has 2 aromatic heterocycles. The molecule has 49 heavy (non-hydrogen) atoms. The lowest BCUT2D eigenvalue weighted by atomic mass is 9.98. The van der Waals surface area contributed by atoms with Crippen LogP contribution in [0.3, 0.4) is 0 Å². The summed E-state index contributed by atoms with van der Waals surface area (Å²) in [6.45, 7) is 2.15. The lowest BCUT2D eigenvalue weighted by molar-refractivity contribution is 1.18. The molecule has 0 fully saturated rings. The predicted octanol–water partition coefficient (Wildman–Crippen LogP) is 12.7. The van der Waals surface area contributed by atoms with Gasteiger partial charge in [0.2, 0.25) is 0 Å². The van der Waals surface area contributed by atoms with E-state index in [0.29, 0.717) is 0 Å². The molecule has 10 aromatic rings. The van der Waals surface area contributed by atoms with Crippen LogP contribution in [0.2, 0.25) is 0 Å². The number of benzene rings is 8. The fourth-order valence-corrected chi connectivity index (χ4v) is 7.79. The Morgan fingerprint density at radius 1 is 0.306 bits per heavy atom. The van der Waals surface area contributed by atoms with Gasteiger partial charge in [-0.3, -0.25) is 0 Å². The Labute approximate surface area is 284 Å². The second kappa shape index (κ2) is 10.8. The van der Waals surface area contributed by atoms with Crippen LogP contribution < -0.4 is 0 Å². The van der Waals surface area contributed by atoms with Crippen LogP contribution >= 0.6 is 0 Å². The molecule has 0 N–H and O–H groups in total. The first-order chi connectivity index (χ1) is 24.2. The zero-order chi connectivity index (χ0) is 32.5. The number of hydrogen-bond acceptors (Lipinski definition) is 0. The van der Waals surface area contributed by atoms with E-state index in [9.17, 15) is 0 Å². The molecule has 0 amide bonds. The third kappa shape index (κ3) is 4.42. The van der Waals surface area contributed by atoms with Crippen LogP contribution in [0, 0.1) is 6.92 Å². The van der Waals surface area contributed by atoms with Gasteiger partial charge >= 0.3 is 0 Å². The standard InChI is InChI=1S/C47H32N2/c1-31-15-16-35-28-39(24-21-34(35)27-31)49-45-14-8-6-12-41(45)43-30-37(23-26-47(43)49)33-19-17-32(18-20-33)36-22-25-46-42(29-36)40-11-5-7-13-44(40)48(46)38-9-3-2-4-10-38/h2-30H,1H3. The van der Waals surface area contributed by atoms with Crippen molar-refractivity contribution < 1.29 is 0 Å². The van der Waals surface area contributed by atoms with E-state index in [1.807, 2.05) is 0 Å². The van der Waals surface area contributed by atoms with Gasteiger partial charge in [0, 0.05) is 32.9 Å². The summed E-state index contributed by atoms with van der Waals surface area (Å²) < 4.78 is 4.77. The fraction of sp³-hybridized carbons (Fsp3) is 0.0213. The van der Waals surface area contributed by atoms with Crippen molar-refractivity contribution in [1.29, 1.82) is 0 Å². The van der Waals surface area contributed by atoms with Gasteiger partial charge in [0.25, 0.3) is 0 Å². The summed E-state index contributed by atoms with van der Waals surface area (Å²) in [6, 6.07) is 64.4. The molecule has 0 saturated carbocycles. The summed E-state index contributed by atoms with van der Waals surface area (Å²) in [4.78, 5) is 0. The molecule has 0 atom stereocenters. The van der Waals surface area contributed by atoms with Crippen molar-refractivity contribution in [2.24, 2.45) is 0 Å². The Hall–Kier alpha value is -6.38. The highest BCUT2D eigenvalue weighted by Crippen LogP contribution is 2.38. The van der Waals surface area contributed by atoms with Crippen molar-refractivity contribution in [3.05, 3.63) is 181 Å². The van der Waals surface area contributed by atoms with Crippen molar-refractivity contribution in [1.82, 2.24) is 9.13 Å². The number of nitrogens with zero attached hydrogens (tertiary/aromatic N) is 2. The molecule has 230 valence electrons. The molecule has 0 aliphatic rings. The van der Waals surface area contributed by atoms with Crippen LogP contribution in [0.15, 0.2) is 176 Å². The van der Waals surface area contributed by atoms with E-state index in [2.05, 4.69) is 192 Å². The van der Waals surface area contributed by atoms with E-state index in [1.165, 1.54) is 93.6 Å². The number of fused-ring (bicyclic) bond motifs is 7. The molecular formula is C47H32N2. The van der Waals surface area contributed by atoms with Gasteiger partial charge in [-0.15, -0.1) is 0 Å². The summed E-state index contributed by atoms with van der Waals surface area (Å²) in [5.74, 6) is 0. The summed E-state index contributed by atoms with van der Waals surface area (Å²) in [7, 11) is 0. The molecule has 0 aliphatic heterocycles. The lowest BCUT2D eigenvalue weighted by Gasteiger charge is -2.10. The average Bonchev–Trinajstić information content (AvgIpc) is 3.67. The number of hydrogen-bond donors (Lipinski definition) is 0. The van der Waals surface area contributed by atoms with Crippen LogP contribution in [-0.2, 0) is 0 Å². The molecule has 0 saturated heterocycles. The van der Waals surface area contributed by atoms with Crippen molar-refractivity contribution in [2.75, 3.05) is 0 Å². The van der Waals surface area contributed by atoms with Gasteiger partial charge in [-0.1, -0.05) is 121 Å². The van der Waals surface area contributed by atoms with E-state index >= 15 is 0 Å². The highest BCUT2D eigenvalue weighted by Gasteiger charge is 2.15. The van der Waals surface area contributed by atoms with Gasteiger partial charge in [0.05, 0.1) is 22.1 Å². The van der Waals surface area contributed by atoms with Crippen LogP contribution in [-0.4, -0.2) is 9.13 Å². The first kappa shape index (κ1) is 27.7. The maximum Gasteiger partial charge on any atom is 0.0541 e. The maximum atomic E-state index is 2.40. The van der Waals surface area contributed by atoms with Crippen molar-refractivity contribution in [2.45, 2.75) is 6.92 Å². The minimum atomic E-state index is 1.18. The monoisotopic (exact) mass is 624 g/mol. The summed E-state index contributed by atoms with van der Waals surface area (Å²) in [5, 5.41) is 7.60. The molecule has 0 radical (unpaired) electrons. The third-order valence-electron chi connectivity index (χ3n) is 10.1. The highest BCUT2D eigenvalue weighted by atomic mass is 15.0. The van der Waals surface area contributed by atoms with Gasteiger partial charge < -0.3 is 9.13 Å². The number of aromatic nitrogens is 2. The zero-order valence-corrected chi connectivity index (χ0v) is 27.1. The quantitative estimate of drug-likeness (QED) is 0.184. The van der Waals surface area contributed by atoms with E-state index in [-0.39, 0.29) is 0 Å². The molecule has 2 heteroatoms. The molecule has 0 aliphatic carbocycles. The molecule has 0 spiro atoms. The van der Waals surface area contributed by atoms with Crippen LogP contribution in [0.25, 0.3) is 88.0 Å². The minimum Gasteiger partial charge on any atom is -0.309 e. The van der Waals surface area contributed by atoms with Gasteiger partial charge in [-0.25, -0.2) is 0 Å². The zero-order valence-electron chi connectivity index (χ0n) is 27.1. The normalized spacial score (nSPS) is 11.8. The Bertz CT molecular complexity index is 2870. The topological polar surface area (TPSA) is 9.86 Å². The Morgan fingerprint density at radius 2 is 0.776 bits per heavy atom.